The summed E-state index contributed by atoms with van der Waals surface area (Å²) < 4.78 is 0. The summed E-state index contributed by atoms with van der Waals surface area (Å²) in [7, 11) is 0. The summed E-state index contributed by atoms with van der Waals surface area (Å²) in [6, 6.07) is 8.62. The second kappa shape index (κ2) is 7.15. The summed E-state index contributed by atoms with van der Waals surface area (Å²) >= 11 is 0. The van der Waals surface area contributed by atoms with E-state index in [-0.39, 0.29) is 17.5 Å². The van der Waals surface area contributed by atoms with Gasteiger partial charge in [-0.3, -0.25) is 4.79 Å². The van der Waals surface area contributed by atoms with Crippen molar-refractivity contribution < 1.29 is 4.79 Å². The monoisotopic (exact) mass is 256 g/mol. The highest BCUT2D eigenvalue weighted by atomic mass is 16.1. The van der Waals surface area contributed by atoms with E-state index in [1.165, 1.54) is 12.1 Å². The van der Waals surface area contributed by atoms with E-state index in [1.807, 2.05) is 26.0 Å². The Morgan fingerprint density at radius 3 is 2.58 bits per heavy atom. The first-order valence-electron chi connectivity index (χ1n) is 6.08. The third-order valence-corrected chi connectivity index (χ3v) is 2.59. The van der Waals surface area contributed by atoms with Gasteiger partial charge in [-0.1, -0.05) is 6.92 Å². The van der Waals surface area contributed by atoms with Crippen LogP contribution in [0.5, 0.6) is 0 Å². The van der Waals surface area contributed by atoms with Crippen molar-refractivity contribution in [1.29, 1.82) is 10.5 Å². The average Bonchev–Trinajstić information content (AvgIpc) is 2.38. The maximum absolute atomic E-state index is 11.8. The summed E-state index contributed by atoms with van der Waals surface area (Å²) in [5.41, 5.74) is 1.10. The SMILES string of the molecule is CCNC(C)CC(=O)Nc1ccc(C#N)c(C#N)c1. The fourth-order valence-corrected chi connectivity index (χ4v) is 1.72. The molecule has 1 unspecified atom stereocenters. The Kier molecular flexibility index (Phi) is 5.53. The lowest BCUT2D eigenvalue weighted by atomic mass is 10.1. The molecular formula is C14H16N4O. The van der Waals surface area contributed by atoms with Gasteiger partial charge in [0.2, 0.25) is 5.91 Å². The summed E-state index contributed by atoms with van der Waals surface area (Å²) in [6.07, 6.45) is 0.357. The van der Waals surface area contributed by atoms with E-state index in [2.05, 4.69) is 10.6 Å². The molecule has 0 aliphatic heterocycles. The molecule has 0 radical (unpaired) electrons. The highest BCUT2D eigenvalue weighted by Crippen LogP contribution is 2.15. The van der Waals surface area contributed by atoms with Gasteiger partial charge in [-0.25, -0.2) is 0 Å². The van der Waals surface area contributed by atoms with Crippen LogP contribution in [0.2, 0.25) is 0 Å². The average molecular weight is 256 g/mol. The summed E-state index contributed by atoms with van der Waals surface area (Å²) in [6.45, 7) is 4.72. The zero-order valence-electron chi connectivity index (χ0n) is 11.0. The fourth-order valence-electron chi connectivity index (χ4n) is 1.72. The maximum Gasteiger partial charge on any atom is 0.225 e. The van der Waals surface area contributed by atoms with Crippen LogP contribution >= 0.6 is 0 Å². The third kappa shape index (κ3) is 4.42. The number of anilines is 1. The minimum Gasteiger partial charge on any atom is -0.326 e. The highest BCUT2D eigenvalue weighted by molar-refractivity contribution is 5.91. The Balaban J connectivity index is 2.71. The number of carbonyl (C=O) groups is 1. The second-order valence-electron chi connectivity index (χ2n) is 4.19. The van der Waals surface area contributed by atoms with Crippen molar-refractivity contribution in [3.63, 3.8) is 0 Å². The van der Waals surface area contributed by atoms with Gasteiger partial charge in [-0.15, -0.1) is 0 Å². The van der Waals surface area contributed by atoms with Gasteiger partial charge in [0.05, 0.1) is 11.1 Å². The van der Waals surface area contributed by atoms with Crippen molar-refractivity contribution in [2.24, 2.45) is 0 Å². The van der Waals surface area contributed by atoms with E-state index >= 15 is 0 Å². The van der Waals surface area contributed by atoms with E-state index < -0.39 is 0 Å². The first kappa shape index (κ1) is 14.7. The van der Waals surface area contributed by atoms with Crippen LogP contribution in [0.4, 0.5) is 5.69 Å². The van der Waals surface area contributed by atoms with Crippen LogP contribution in [-0.4, -0.2) is 18.5 Å². The Bertz CT molecular complexity index is 539. The van der Waals surface area contributed by atoms with Crippen molar-refractivity contribution in [2.45, 2.75) is 26.3 Å². The Morgan fingerprint density at radius 2 is 2.00 bits per heavy atom. The molecule has 98 valence electrons. The standard InChI is InChI=1S/C14H16N4O/c1-3-17-10(2)6-14(19)18-13-5-4-11(8-15)12(7-13)9-16/h4-5,7,10,17H,3,6H2,1-2H3,(H,18,19). The summed E-state index contributed by atoms with van der Waals surface area (Å²) in [4.78, 5) is 11.8. The minimum atomic E-state index is -0.123. The largest absolute Gasteiger partial charge is 0.326 e. The van der Waals surface area contributed by atoms with Gasteiger partial charge in [0.1, 0.15) is 12.1 Å². The van der Waals surface area contributed by atoms with Crippen LogP contribution in [0.25, 0.3) is 0 Å². The molecule has 0 saturated heterocycles. The lowest BCUT2D eigenvalue weighted by Crippen LogP contribution is -2.30. The van der Waals surface area contributed by atoms with E-state index in [0.29, 0.717) is 17.7 Å². The van der Waals surface area contributed by atoms with Gasteiger partial charge in [-0.2, -0.15) is 10.5 Å². The molecule has 1 atom stereocenters. The van der Waals surface area contributed by atoms with Crippen LogP contribution in [0.3, 0.4) is 0 Å². The number of benzene rings is 1. The quantitative estimate of drug-likeness (QED) is 0.840. The van der Waals surface area contributed by atoms with Crippen LogP contribution in [0.15, 0.2) is 18.2 Å². The number of hydrogen-bond donors (Lipinski definition) is 2. The molecule has 1 aromatic carbocycles. The number of nitrogens with zero attached hydrogens (tertiary/aromatic N) is 2. The van der Waals surface area contributed by atoms with Crippen LogP contribution in [-0.2, 0) is 4.79 Å². The molecular weight excluding hydrogens is 240 g/mol. The molecule has 0 aromatic heterocycles. The molecule has 0 aliphatic rings. The van der Waals surface area contributed by atoms with Gasteiger partial charge in [0.15, 0.2) is 0 Å². The van der Waals surface area contributed by atoms with E-state index in [9.17, 15) is 4.79 Å². The number of carbonyl (C=O) groups excluding carboxylic acids is 1. The zero-order chi connectivity index (χ0) is 14.3. The zero-order valence-corrected chi connectivity index (χ0v) is 11.0. The third-order valence-electron chi connectivity index (χ3n) is 2.59. The lowest BCUT2D eigenvalue weighted by molar-refractivity contribution is -0.116. The van der Waals surface area contributed by atoms with E-state index in [0.717, 1.165) is 6.54 Å². The first-order valence-corrected chi connectivity index (χ1v) is 6.08. The summed E-state index contributed by atoms with van der Waals surface area (Å²) in [5, 5.41) is 23.6. The second-order valence-corrected chi connectivity index (χ2v) is 4.19. The van der Waals surface area contributed by atoms with E-state index in [4.69, 9.17) is 10.5 Å². The number of rotatable bonds is 5. The van der Waals surface area contributed by atoms with Crippen molar-refractivity contribution in [3.8, 4) is 12.1 Å². The number of hydrogen-bond acceptors (Lipinski definition) is 4. The predicted octanol–water partition coefficient (Wildman–Crippen LogP) is 1.76. The van der Waals surface area contributed by atoms with Gasteiger partial charge in [0, 0.05) is 18.2 Å². The van der Waals surface area contributed by atoms with Gasteiger partial charge < -0.3 is 10.6 Å². The Labute approximate surface area is 112 Å². The number of nitriles is 2. The molecule has 0 bridgehead atoms. The van der Waals surface area contributed by atoms with Crippen molar-refractivity contribution in [1.82, 2.24) is 5.32 Å². The molecule has 0 spiro atoms. The van der Waals surface area contributed by atoms with Gasteiger partial charge in [0.25, 0.3) is 0 Å². The first-order chi connectivity index (χ1) is 9.10. The van der Waals surface area contributed by atoms with Crippen molar-refractivity contribution >= 4 is 11.6 Å². The molecule has 2 N–H and O–H groups in total. The van der Waals surface area contributed by atoms with Crippen molar-refractivity contribution in [2.75, 3.05) is 11.9 Å². The normalized spacial score (nSPS) is 11.2. The maximum atomic E-state index is 11.8. The van der Waals surface area contributed by atoms with Crippen molar-refractivity contribution in [3.05, 3.63) is 29.3 Å². The molecule has 0 heterocycles. The molecule has 0 aliphatic carbocycles. The highest BCUT2D eigenvalue weighted by Gasteiger charge is 2.09. The predicted molar refractivity (Wildman–Crippen MR) is 72.3 cm³/mol. The van der Waals surface area contributed by atoms with Crippen LogP contribution in [0.1, 0.15) is 31.4 Å². The Morgan fingerprint density at radius 1 is 1.32 bits per heavy atom. The van der Waals surface area contributed by atoms with E-state index in [1.54, 1.807) is 6.07 Å². The molecule has 0 saturated carbocycles. The Hall–Kier alpha value is -2.37. The van der Waals surface area contributed by atoms with Crippen LogP contribution in [0, 0.1) is 22.7 Å². The molecule has 1 amide bonds. The van der Waals surface area contributed by atoms with Gasteiger partial charge >= 0.3 is 0 Å². The molecule has 5 nitrogen and oxygen atoms in total. The topological polar surface area (TPSA) is 88.7 Å². The molecule has 1 rings (SSSR count). The van der Waals surface area contributed by atoms with Crippen LogP contribution < -0.4 is 10.6 Å². The number of amides is 1. The summed E-state index contributed by atoms with van der Waals surface area (Å²) in [5.74, 6) is -0.123. The fraction of sp³-hybridized carbons (Fsp3) is 0.357. The molecule has 0 fully saturated rings. The van der Waals surface area contributed by atoms with Gasteiger partial charge in [-0.05, 0) is 31.7 Å². The number of nitrogens with one attached hydrogen (secondary N) is 2. The smallest absolute Gasteiger partial charge is 0.225 e. The molecule has 5 heteroatoms. The molecule has 1 aromatic rings. The lowest BCUT2D eigenvalue weighted by Gasteiger charge is -2.12. The minimum absolute atomic E-state index is 0.0961. The molecule has 19 heavy (non-hydrogen) atoms.